The zero-order valence-corrected chi connectivity index (χ0v) is 9.37. The molecule has 0 amide bonds. The van der Waals surface area contributed by atoms with Gasteiger partial charge in [-0.2, -0.15) is 5.26 Å². The monoisotopic (exact) mass is 204 g/mol. The fourth-order valence-corrected chi connectivity index (χ4v) is 1.22. The maximum absolute atomic E-state index is 8.74. The first-order chi connectivity index (χ1) is 7.17. The summed E-state index contributed by atoms with van der Waals surface area (Å²) in [5, 5.41) is 11.6. The molecule has 15 heavy (non-hydrogen) atoms. The van der Waals surface area contributed by atoms with Gasteiger partial charge in [-0.1, -0.05) is 12.1 Å². The molecule has 0 aromatic heterocycles. The number of nitrogens with zero attached hydrogens (tertiary/aromatic N) is 1. The van der Waals surface area contributed by atoms with E-state index in [0.717, 1.165) is 16.9 Å². The smallest absolute Gasteiger partial charge is 0.129 e. The Labute approximate surface area is 90.7 Å². The van der Waals surface area contributed by atoms with Crippen LogP contribution in [0.25, 0.3) is 0 Å². The van der Waals surface area contributed by atoms with Crippen LogP contribution in [-0.4, -0.2) is 19.7 Å². The molecule has 1 unspecified atom stereocenters. The van der Waals surface area contributed by atoms with E-state index in [1.54, 1.807) is 7.05 Å². The summed E-state index contributed by atoms with van der Waals surface area (Å²) in [5.74, 6) is 0.852. The van der Waals surface area contributed by atoms with Crippen LogP contribution in [0.5, 0.6) is 5.75 Å². The number of ether oxygens (including phenoxy) is 1. The highest BCUT2D eigenvalue weighted by Crippen LogP contribution is 2.18. The zero-order chi connectivity index (χ0) is 11.3. The van der Waals surface area contributed by atoms with Gasteiger partial charge >= 0.3 is 0 Å². The van der Waals surface area contributed by atoms with Gasteiger partial charge in [0.1, 0.15) is 18.4 Å². The second-order valence-electron chi connectivity index (χ2n) is 3.55. The third-order valence-corrected chi connectivity index (χ3v) is 2.25. The fourth-order valence-electron chi connectivity index (χ4n) is 1.22. The van der Waals surface area contributed by atoms with E-state index < -0.39 is 0 Å². The Morgan fingerprint density at radius 1 is 1.47 bits per heavy atom. The van der Waals surface area contributed by atoms with E-state index in [1.807, 2.05) is 32.0 Å². The second-order valence-corrected chi connectivity index (χ2v) is 3.55. The molecule has 1 aromatic carbocycles. The van der Waals surface area contributed by atoms with E-state index in [9.17, 15) is 0 Å². The van der Waals surface area contributed by atoms with Gasteiger partial charge in [-0.05, 0) is 38.1 Å². The molecule has 0 heterocycles. The van der Waals surface area contributed by atoms with Gasteiger partial charge in [0.25, 0.3) is 0 Å². The van der Waals surface area contributed by atoms with E-state index in [0.29, 0.717) is 6.61 Å². The molecule has 1 N–H and O–H groups in total. The zero-order valence-electron chi connectivity index (χ0n) is 9.37. The molecule has 0 radical (unpaired) electrons. The molecule has 0 fully saturated rings. The predicted molar refractivity (Wildman–Crippen MR) is 59.9 cm³/mol. The SMILES string of the molecule is CNC(C#N)COc1cc(C)ccc1C. The van der Waals surface area contributed by atoms with E-state index in [1.165, 1.54) is 0 Å². The lowest BCUT2D eigenvalue weighted by Gasteiger charge is -2.12. The first-order valence-electron chi connectivity index (χ1n) is 4.94. The van der Waals surface area contributed by atoms with Crippen LogP contribution in [0.4, 0.5) is 0 Å². The van der Waals surface area contributed by atoms with Crippen molar-refractivity contribution in [2.45, 2.75) is 19.9 Å². The lowest BCUT2D eigenvalue weighted by atomic mass is 10.1. The minimum Gasteiger partial charge on any atom is -0.491 e. The molecule has 0 aliphatic heterocycles. The molecule has 0 aliphatic carbocycles. The summed E-state index contributed by atoms with van der Waals surface area (Å²) >= 11 is 0. The summed E-state index contributed by atoms with van der Waals surface area (Å²) in [4.78, 5) is 0. The number of hydrogen-bond donors (Lipinski definition) is 1. The van der Waals surface area contributed by atoms with Gasteiger partial charge in [0.05, 0.1) is 6.07 Å². The molecule has 1 aromatic rings. The summed E-state index contributed by atoms with van der Waals surface area (Å²) in [7, 11) is 1.75. The second kappa shape index (κ2) is 5.38. The highest BCUT2D eigenvalue weighted by molar-refractivity contribution is 5.36. The van der Waals surface area contributed by atoms with Crippen LogP contribution >= 0.6 is 0 Å². The Kier molecular flexibility index (Phi) is 4.14. The Morgan fingerprint density at radius 2 is 2.20 bits per heavy atom. The van der Waals surface area contributed by atoms with Crippen LogP contribution in [0.15, 0.2) is 18.2 Å². The van der Waals surface area contributed by atoms with E-state index >= 15 is 0 Å². The highest BCUT2D eigenvalue weighted by atomic mass is 16.5. The van der Waals surface area contributed by atoms with Crippen LogP contribution in [0.1, 0.15) is 11.1 Å². The summed E-state index contributed by atoms with van der Waals surface area (Å²) in [6.07, 6.45) is 0. The normalized spacial score (nSPS) is 11.9. The average molecular weight is 204 g/mol. The van der Waals surface area contributed by atoms with Crippen LogP contribution in [-0.2, 0) is 0 Å². The van der Waals surface area contributed by atoms with Gasteiger partial charge in [-0.3, -0.25) is 0 Å². The fraction of sp³-hybridized carbons (Fsp3) is 0.417. The van der Waals surface area contributed by atoms with E-state index in [4.69, 9.17) is 10.00 Å². The molecular formula is C12H16N2O. The van der Waals surface area contributed by atoms with Gasteiger partial charge in [-0.25, -0.2) is 0 Å². The van der Waals surface area contributed by atoms with Crippen molar-refractivity contribution in [3.8, 4) is 11.8 Å². The molecule has 0 saturated heterocycles. The standard InChI is InChI=1S/C12H16N2O/c1-9-4-5-10(2)12(6-9)15-8-11(7-13)14-3/h4-6,11,14H,8H2,1-3H3. The highest BCUT2D eigenvalue weighted by Gasteiger charge is 2.06. The van der Waals surface area contributed by atoms with E-state index in [-0.39, 0.29) is 6.04 Å². The minimum atomic E-state index is -0.259. The van der Waals surface area contributed by atoms with Gasteiger partial charge in [-0.15, -0.1) is 0 Å². The number of aryl methyl sites for hydroxylation is 2. The maximum atomic E-state index is 8.74. The third-order valence-electron chi connectivity index (χ3n) is 2.25. The lowest BCUT2D eigenvalue weighted by molar-refractivity contribution is 0.293. The quantitative estimate of drug-likeness (QED) is 0.813. The van der Waals surface area contributed by atoms with Crippen molar-refractivity contribution in [1.29, 1.82) is 5.26 Å². The number of rotatable bonds is 4. The lowest BCUT2D eigenvalue weighted by Crippen LogP contribution is -2.30. The van der Waals surface area contributed by atoms with Crippen LogP contribution in [0.2, 0.25) is 0 Å². The number of likely N-dealkylation sites (N-methyl/N-ethyl adjacent to an activating group) is 1. The summed E-state index contributed by atoms with van der Waals surface area (Å²) in [5.41, 5.74) is 2.25. The largest absolute Gasteiger partial charge is 0.491 e. The maximum Gasteiger partial charge on any atom is 0.129 e. The Bertz CT molecular complexity index is 368. The summed E-state index contributed by atoms with van der Waals surface area (Å²) < 4.78 is 5.58. The van der Waals surface area contributed by atoms with Crippen molar-refractivity contribution in [2.75, 3.05) is 13.7 Å². The molecule has 0 saturated carbocycles. The van der Waals surface area contributed by atoms with Gasteiger partial charge < -0.3 is 10.1 Å². The van der Waals surface area contributed by atoms with Crippen molar-refractivity contribution < 1.29 is 4.74 Å². The number of nitriles is 1. The molecule has 1 atom stereocenters. The molecule has 0 spiro atoms. The average Bonchev–Trinajstić information content (AvgIpc) is 2.24. The molecule has 80 valence electrons. The van der Waals surface area contributed by atoms with Gasteiger partial charge in [0.15, 0.2) is 0 Å². The molecule has 1 rings (SSSR count). The molecule has 0 aliphatic rings. The Hall–Kier alpha value is -1.53. The van der Waals surface area contributed by atoms with Crippen LogP contribution in [0.3, 0.4) is 0 Å². The van der Waals surface area contributed by atoms with Crippen molar-refractivity contribution >= 4 is 0 Å². The number of nitrogens with one attached hydrogen (secondary N) is 1. The van der Waals surface area contributed by atoms with Gasteiger partial charge in [0, 0.05) is 0 Å². The van der Waals surface area contributed by atoms with Crippen molar-refractivity contribution in [3.05, 3.63) is 29.3 Å². The first kappa shape index (κ1) is 11.5. The topological polar surface area (TPSA) is 45.0 Å². The van der Waals surface area contributed by atoms with Crippen LogP contribution in [0, 0.1) is 25.2 Å². The first-order valence-corrected chi connectivity index (χ1v) is 4.94. The predicted octanol–water partition coefficient (Wildman–Crippen LogP) is 1.79. The van der Waals surface area contributed by atoms with Crippen molar-refractivity contribution in [3.63, 3.8) is 0 Å². The summed E-state index contributed by atoms with van der Waals surface area (Å²) in [6, 6.07) is 7.91. The molecular weight excluding hydrogens is 188 g/mol. The summed E-state index contributed by atoms with van der Waals surface area (Å²) in [6.45, 7) is 4.39. The van der Waals surface area contributed by atoms with Crippen molar-refractivity contribution in [2.24, 2.45) is 0 Å². The third kappa shape index (κ3) is 3.26. The van der Waals surface area contributed by atoms with Crippen LogP contribution < -0.4 is 10.1 Å². The molecule has 3 nitrogen and oxygen atoms in total. The number of hydrogen-bond acceptors (Lipinski definition) is 3. The molecule has 3 heteroatoms. The molecule has 0 bridgehead atoms. The Morgan fingerprint density at radius 3 is 2.80 bits per heavy atom. The number of benzene rings is 1. The van der Waals surface area contributed by atoms with E-state index in [2.05, 4.69) is 11.4 Å². The van der Waals surface area contributed by atoms with Crippen molar-refractivity contribution in [1.82, 2.24) is 5.32 Å². The van der Waals surface area contributed by atoms with Gasteiger partial charge in [0.2, 0.25) is 0 Å². The minimum absolute atomic E-state index is 0.259. The Balaban J connectivity index is 2.65.